The number of halogens is 2. The van der Waals surface area contributed by atoms with Crippen LogP contribution >= 0.6 is 31.9 Å². The first-order chi connectivity index (χ1) is 12.5. The van der Waals surface area contributed by atoms with Gasteiger partial charge in [0.1, 0.15) is 5.69 Å². The lowest BCUT2D eigenvalue weighted by Crippen LogP contribution is -2.22. The zero-order chi connectivity index (χ0) is 18.8. The van der Waals surface area contributed by atoms with E-state index in [0.717, 1.165) is 27.7 Å². The van der Waals surface area contributed by atoms with Crippen molar-refractivity contribution >= 4 is 65.6 Å². The van der Waals surface area contributed by atoms with E-state index < -0.39 is 4.92 Å². The molecule has 3 rings (SSSR count). The summed E-state index contributed by atoms with van der Waals surface area (Å²) in [6.45, 7) is 5.45. The third kappa shape index (κ3) is 3.38. The first kappa shape index (κ1) is 18.6. The second-order valence-corrected chi connectivity index (χ2v) is 7.20. The van der Waals surface area contributed by atoms with Crippen LogP contribution < -0.4 is 10.2 Å². The molecule has 3 aromatic rings. The minimum absolute atomic E-state index is 0.120. The number of nitro groups is 1. The SMILES string of the molecule is CCN(CC)c1cc(Nc2ccc(Br)cc2Br)c([N+](=O)[O-])c2nonc12. The number of aromatic nitrogens is 2. The third-order valence-electron chi connectivity index (χ3n) is 3.98. The van der Waals surface area contributed by atoms with Gasteiger partial charge in [0.05, 0.1) is 16.3 Å². The summed E-state index contributed by atoms with van der Waals surface area (Å²) >= 11 is 6.86. The van der Waals surface area contributed by atoms with Crippen molar-refractivity contribution in [3.63, 3.8) is 0 Å². The van der Waals surface area contributed by atoms with Crippen LogP contribution in [0, 0.1) is 10.1 Å². The van der Waals surface area contributed by atoms with E-state index >= 15 is 0 Å². The van der Waals surface area contributed by atoms with Crippen LogP contribution in [0.15, 0.2) is 37.8 Å². The summed E-state index contributed by atoms with van der Waals surface area (Å²) < 4.78 is 6.47. The molecular formula is C16H15Br2N5O3. The maximum absolute atomic E-state index is 11.7. The molecule has 0 unspecified atom stereocenters. The van der Waals surface area contributed by atoms with Crippen molar-refractivity contribution in [3.05, 3.63) is 43.3 Å². The van der Waals surface area contributed by atoms with E-state index in [2.05, 4.69) is 47.5 Å². The Morgan fingerprint density at radius 3 is 2.46 bits per heavy atom. The van der Waals surface area contributed by atoms with Gasteiger partial charge in [-0.15, -0.1) is 0 Å². The number of nitrogens with one attached hydrogen (secondary N) is 1. The molecule has 0 saturated carbocycles. The molecule has 0 atom stereocenters. The van der Waals surface area contributed by atoms with E-state index in [4.69, 9.17) is 4.63 Å². The van der Waals surface area contributed by atoms with E-state index in [1.807, 2.05) is 36.9 Å². The van der Waals surface area contributed by atoms with Crippen LogP contribution in [-0.4, -0.2) is 28.3 Å². The summed E-state index contributed by atoms with van der Waals surface area (Å²) in [5.74, 6) is 0. The smallest absolute Gasteiger partial charge is 0.324 e. The third-order valence-corrected chi connectivity index (χ3v) is 5.13. The number of benzene rings is 2. The Labute approximate surface area is 165 Å². The first-order valence-corrected chi connectivity index (χ1v) is 9.45. The molecule has 8 nitrogen and oxygen atoms in total. The van der Waals surface area contributed by atoms with Crippen LogP contribution in [0.3, 0.4) is 0 Å². The molecule has 0 amide bonds. The zero-order valence-corrected chi connectivity index (χ0v) is 17.2. The molecule has 1 heterocycles. The highest BCUT2D eigenvalue weighted by molar-refractivity contribution is 9.11. The minimum Gasteiger partial charge on any atom is -0.370 e. The van der Waals surface area contributed by atoms with Crippen LogP contribution in [0.4, 0.5) is 22.7 Å². The highest BCUT2D eigenvalue weighted by Crippen LogP contribution is 2.40. The van der Waals surface area contributed by atoms with E-state index in [0.29, 0.717) is 16.9 Å². The quantitative estimate of drug-likeness (QED) is 0.377. The van der Waals surface area contributed by atoms with Crippen LogP contribution in [0.1, 0.15) is 13.8 Å². The van der Waals surface area contributed by atoms with Crippen molar-refractivity contribution in [3.8, 4) is 0 Å². The fourth-order valence-electron chi connectivity index (χ4n) is 2.73. The highest BCUT2D eigenvalue weighted by atomic mass is 79.9. The molecule has 2 aromatic carbocycles. The summed E-state index contributed by atoms with van der Waals surface area (Å²) in [6, 6.07) is 7.24. The predicted molar refractivity (Wildman–Crippen MR) is 107 cm³/mol. The van der Waals surface area contributed by atoms with E-state index in [-0.39, 0.29) is 11.2 Å². The maximum Gasteiger partial charge on any atom is 0.324 e. The Morgan fingerprint density at radius 2 is 1.85 bits per heavy atom. The minimum atomic E-state index is -0.479. The molecule has 0 spiro atoms. The number of hydrogen-bond donors (Lipinski definition) is 1. The Hall–Kier alpha value is -2.20. The largest absolute Gasteiger partial charge is 0.370 e. The molecule has 10 heteroatoms. The van der Waals surface area contributed by atoms with Gasteiger partial charge >= 0.3 is 5.69 Å². The van der Waals surface area contributed by atoms with Crippen molar-refractivity contribution in [2.45, 2.75) is 13.8 Å². The van der Waals surface area contributed by atoms with Crippen LogP contribution in [0.2, 0.25) is 0 Å². The lowest BCUT2D eigenvalue weighted by molar-refractivity contribution is -0.382. The van der Waals surface area contributed by atoms with Gasteiger partial charge in [-0.2, -0.15) is 0 Å². The normalized spacial score (nSPS) is 10.9. The molecule has 0 aliphatic rings. The second-order valence-electron chi connectivity index (χ2n) is 5.43. The number of nitro benzene ring substituents is 1. The molecule has 0 saturated heterocycles. The van der Waals surface area contributed by atoms with E-state index in [1.54, 1.807) is 6.07 Å². The van der Waals surface area contributed by atoms with Crippen molar-refractivity contribution in [1.82, 2.24) is 10.3 Å². The van der Waals surface area contributed by atoms with Gasteiger partial charge in [0.2, 0.25) is 5.52 Å². The Bertz CT molecular complexity index is 972. The summed E-state index contributed by atoms with van der Waals surface area (Å²) in [5.41, 5.74) is 2.07. The summed E-state index contributed by atoms with van der Waals surface area (Å²) in [5, 5.41) is 22.5. The molecule has 136 valence electrons. The van der Waals surface area contributed by atoms with Crippen molar-refractivity contribution < 1.29 is 9.55 Å². The summed E-state index contributed by atoms with van der Waals surface area (Å²) in [7, 11) is 0. The van der Waals surface area contributed by atoms with Gasteiger partial charge in [0.25, 0.3) is 0 Å². The number of rotatable bonds is 6. The van der Waals surface area contributed by atoms with Gasteiger partial charge < -0.3 is 10.2 Å². The second kappa shape index (κ2) is 7.58. The molecule has 26 heavy (non-hydrogen) atoms. The maximum atomic E-state index is 11.7. The summed E-state index contributed by atoms with van der Waals surface area (Å²) in [6.07, 6.45) is 0. The highest BCUT2D eigenvalue weighted by Gasteiger charge is 2.27. The van der Waals surface area contributed by atoms with Crippen molar-refractivity contribution in [2.75, 3.05) is 23.3 Å². The van der Waals surface area contributed by atoms with Crippen LogP contribution in [-0.2, 0) is 0 Å². The topological polar surface area (TPSA) is 97.3 Å². The molecular weight excluding hydrogens is 470 g/mol. The average molecular weight is 485 g/mol. The van der Waals surface area contributed by atoms with Gasteiger partial charge in [-0.3, -0.25) is 10.1 Å². The van der Waals surface area contributed by atoms with Crippen LogP contribution in [0.25, 0.3) is 11.0 Å². The molecule has 1 aromatic heterocycles. The van der Waals surface area contributed by atoms with E-state index in [1.165, 1.54) is 0 Å². The standard InChI is InChI=1S/C16H15Br2N5O3/c1-3-22(4-2)13-8-12(19-11-6-5-9(17)7-10(11)18)16(23(24)25)15-14(13)20-26-21-15/h5-8,19H,3-4H2,1-2H3. The number of anilines is 3. The first-order valence-electron chi connectivity index (χ1n) is 7.86. The molecule has 0 aliphatic carbocycles. The van der Waals surface area contributed by atoms with Gasteiger partial charge in [0.15, 0.2) is 5.52 Å². The fourth-order valence-corrected chi connectivity index (χ4v) is 3.88. The molecule has 0 radical (unpaired) electrons. The van der Waals surface area contributed by atoms with Crippen molar-refractivity contribution in [1.29, 1.82) is 0 Å². The number of hydrogen-bond acceptors (Lipinski definition) is 7. The van der Waals surface area contributed by atoms with Gasteiger partial charge in [-0.1, -0.05) is 15.9 Å². The van der Waals surface area contributed by atoms with Crippen molar-refractivity contribution in [2.24, 2.45) is 0 Å². The number of fused-ring (bicyclic) bond motifs is 1. The molecule has 0 aliphatic heterocycles. The van der Waals surface area contributed by atoms with Crippen LogP contribution in [0.5, 0.6) is 0 Å². The van der Waals surface area contributed by atoms with Gasteiger partial charge in [-0.25, -0.2) is 4.63 Å². The lowest BCUT2D eigenvalue weighted by Gasteiger charge is -2.22. The molecule has 0 fully saturated rings. The molecule has 0 bridgehead atoms. The average Bonchev–Trinajstić information content (AvgIpc) is 3.07. The van der Waals surface area contributed by atoms with E-state index in [9.17, 15) is 10.1 Å². The van der Waals surface area contributed by atoms with Gasteiger partial charge in [0, 0.05) is 22.0 Å². The summed E-state index contributed by atoms with van der Waals surface area (Å²) in [4.78, 5) is 13.3. The fraction of sp³-hybridized carbons (Fsp3) is 0.250. The monoisotopic (exact) mass is 483 g/mol. The zero-order valence-electron chi connectivity index (χ0n) is 14.0. The predicted octanol–water partition coefficient (Wildman–Crippen LogP) is 5.25. The Balaban J connectivity index is 2.22. The Kier molecular flexibility index (Phi) is 5.42. The number of nitrogens with zero attached hydrogens (tertiary/aromatic N) is 4. The Morgan fingerprint density at radius 1 is 1.15 bits per heavy atom. The molecule has 1 N–H and O–H groups in total. The van der Waals surface area contributed by atoms with Gasteiger partial charge in [-0.05, 0) is 64.4 Å². The lowest BCUT2D eigenvalue weighted by atomic mass is 10.1.